The minimum absolute atomic E-state index is 0.108. The van der Waals surface area contributed by atoms with Crippen molar-refractivity contribution < 1.29 is 9.18 Å². The van der Waals surface area contributed by atoms with E-state index in [9.17, 15) is 9.18 Å². The molecule has 1 aliphatic rings. The van der Waals surface area contributed by atoms with Crippen LogP contribution in [-0.4, -0.2) is 39.5 Å². The van der Waals surface area contributed by atoms with Gasteiger partial charge in [0.05, 0.1) is 11.4 Å². The molecule has 6 nitrogen and oxygen atoms in total. The van der Waals surface area contributed by atoms with Crippen LogP contribution >= 0.6 is 11.8 Å². The number of aryl methyl sites for hydroxylation is 2. The van der Waals surface area contributed by atoms with E-state index >= 15 is 0 Å². The van der Waals surface area contributed by atoms with E-state index in [1.54, 1.807) is 12.4 Å². The zero-order valence-corrected chi connectivity index (χ0v) is 17.9. The van der Waals surface area contributed by atoms with Crippen LogP contribution < -0.4 is 10.2 Å². The number of para-hydroxylation sites is 1. The lowest BCUT2D eigenvalue weighted by Crippen LogP contribution is -2.22. The van der Waals surface area contributed by atoms with E-state index in [2.05, 4.69) is 40.3 Å². The molecule has 0 aliphatic carbocycles. The molecule has 156 valence electrons. The van der Waals surface area contributed by atoms with Crippen LogP contribution in [0.25, 0.3) is 5.69 Å². The van der Waals surface area contributed by atoms with Gasteiger partial charge in [0.15, 0.2) is 5.16 Å². The summed E-state index contributed by atoms with van der Waals surface area (Å²) in [5.74, 6) is -0.589. The first-order valence-corrected chi connectivity index (χ1v) is 11.0. The second-order valence-electron chi connectivity index (χ2n) is 7.42. The van der Waals surface area contributed by atoms with E-state index in [4.69, 9.17) is 0 Å². The van der Waals surface area contributed by atoms with Crippen LogP contribution in [0.1, 0.15) is 24.0 Å². The monoisotopic (exact) mass is 425 g/mol. The van der Waals surface area contributed by atoms with Crippen LogP contribution in [-0.2, 0) is 4.79 Å². The van der Waals surface area contributed by atoms with Crippen molar-refractivity contribution in [1.29, 1.82) is 0 Å². The van der Waals surface area contributed by atoms with Crippen LogP contribution in [0, 0.1) is 19.7 Å². The van der Waals surface area contributed by atoms with Gasteiger partial charge in [0.25, 0.3) is 0 Å². The average molecular weight is 426 g/mol. The highest BCUT2D eigenvalue weighted by Crippen LogP contribution is 2.31. The predicted molar refractivity (Wildman–Crippen MR) is 118 cm³/mol. The molecule has 3 aromatic rings. The van der Waals surface area contributed by atoms with E-state index < -0.39 is 5.82 Å². The number of anilines is 2. The van der Waals surface area contributed by atoms with Crippen LogP contribution in [0.15, 0.2) is 47.9 Å². The van der Waals surface area contributed by atoms with Gasteiger partial charge in [0.1, 0.15) is 17.8 Å². The Morgan fingerprint density at radius 3 is 2.73 bits per heavy atom. The quantitative estimate of drug-likeness (QED) is 0.595. The molecule has 8 heteroatoms. The number of halogens is 1. The Balaban J connectivity index is 1.46. The molecule has 1 aromatic heterocycles. The second-order valence-corrected chi connectivity index (χ2v) is 8.36. The number of hydrogen-bond acceptors (Lipinski definition) is 5. The number of thioether (sulfide) groups is 1. The second kappa shape index (κ2) is 8.87. The van der Waals surface area contributed by atoms with Crippen molar-refractivity contribution >= 4 is 29.0 Å². The number of carbonyl (C=O) groups is 1. The van der Waals surface area contributed by atoms with E-state index in [1.165, 1.54) is 29.0 Å². The number of hydrogen-bond donors (Lipinski definition) is 1. The van der Waals surface area contributed by atoms with Crippen molar-refractivity contribution in [2.45, 2.75) is 31.8 Å². The smallest absolute Gasteiger partial charge is 0.234 e. The molecule has 0 radical (unpaired) electrons. The average Bonchev–Trinajstić information content (AvgIpc) is 3.42. The first kappa shape index (κ1) is 20.4. The summed E-state index contributed by atoms with van der Waals surface area (Å²) in [6.07, 6.45) is 3.79. The van der Waals surface area contributed by atoms with Gasteiger partial charge in [-0.2, -0.15) is 0 Å². The van der Waals surface area contributed by atoms with Crippen LogP contribution in [0.2, 0.25) is 0 Å². The molecule has 1 aliphatic heterocycles. The highest BCUT2D eigenvalue weighted by molar-refractivity contribution is 7.99. The standard InChI is InChI=1S/C22H24FN5OS/c1-15-8-9-17(12-16(15)2)28-14-24-26-22(28)30-13-20(29)25-21-18(23)6-5-7-19(21)27-10-3-4-11-27/h5-9,12,14H,3-4,10-11,13H2,1-2H3,(H,25,29). The van der Waals surface area contributed by atoms with E-state index in [0.29, 0.717) is 5.16 Å². The number of aromatic nitrogens is 3. The maximum absolute atomic E-state index is 14.5. The summed E-state index contributed by atoms with van der Waals surface area (Å²) in [6.45, 7) is 5.86. The molecule has 1 N–H and O–H groups in total. The van der Waals surface area contributed by atoms with Gasteiger partial charge < -0.3 is 10.2 Å². The van der Waals surface area contributed by atoms with Gasteiger partial charge in [-0.1, -0.05) is 23.9 Å². The predicted octanol–water partition coefficient (Wildman–Crippen LogP) is 4.35. The third-order valence-electron chi connectivity index (χ3n) is 5.32. The lowest BCUT2D eigenvalue weighted by atomic mass is 10.1. The highest BCUT2D eigenvalue weighted by atomic mass is 32.2. The van der Waals surface area contributed by atoms with Crippen molar-refractivity contribution in [2.75, 3.05) is 29.1 Å². The maximum atomic E-state index is 14.5. The van der Waals surface area contributed by atoms with E-state index in [1.807, 2.05) is 22.8 Å². The lowest BCUT2D eigenvalue weighted by Gasteiger charge is -2.22. The Bertz CT molecular complexity index is 1060. The number of nitrogens with one attached hydrogen (secondary N) is 1. The van der Waals surface area contributed by atoms with Gasteiger partial charge in [0, 0.05) is 18.8 Å². The van der Waals surface area contributed by atoms with Gasteiger partial charge in [-0.25, -0.2) is 4.39 Å². The number of carbonyl (C=O) groups excluding carboxylic acids is 1. The Morgan fingerprint density at radius 1 is 1.17 bits per heavy atom. The molecule has 0 unspecified atom stereocenters. The van der Waals surface area contributed by atoms with Crippen molar-refractivity contribution in [3.8, 4) is 5.69 Å². The summed E-state index contributed by atoms with van der Waals surface area (Å²) in [6, 6.07) is 11.0. The third-order valence-corrected chi connectivity index (χ3v) is 6.26. The van der Waals surface area contributed by atoms with Crippen molar-refractivity contribution in [2.24, 2.45) is 0 Å². The third kappa shape index (κ3) is 4.33. The highest BCUT2D eigenvalue weighted by Gasteiger charge is 2.20. The number of nitrogens with zero attached hydrogens (tertiary/aromatic N) is 4. The zero-order chi connectivity index (χ0) is 21.1. The topological polar surface area (TPSA) is 63.1 Å². The largest absolute Gasteiger partial charge is 0.370 e. The van der Waals surface area contributed by atoms with Gasteiger partial charge in [0.2, 0.25) is 5.91 Å². The number of amides is 1. The number of rotatable bonds is 6. The fourth-order valence-corrected chi connectivity index (χ4v) is 4.27. The fraction of sp³-hybridized carbons (Fsp3) is 0.318. The molecule has 2 heterocycles. The molecular formula is C22H24FN5OS. The van der Waals surface area contributed by atoms with Crippen molar-refractivity contribution in [1.82, 2.24) is 14.8 Å². The Morgan fingerprint density at radius 2 is 1.97 bits per heavy atom. The van der Waals surface area contributed by atoms with Crippen molar-refractivity contribution in [3.63, 3.8) is 0 Å². The Kier molecular flexibility index (Phi) is 6.03. The Hall–Kier alpha value is -2.87. The molecule has 1 saturated heterocycles. The summed E-state index contributed by atoms with van der Waals surface area (Å²) >= 11 is 1.27. The summed E-state index contributed by atoms with van der Waals surface area (Å²) in [5, 5.41) is 11.5. The molecule has 0 saturated carbocycles. The normalized spacial score (nSPS) is 13.6. The van der Waals surface area contributed by atoms with Crippen LogP contribution in [0.5, 0.6) is 0 Å². The van der Waals surface area contributed by atoms with Gasteiger partial charge in [-0.05, 0) is 62.1 Å². The van der Waals surface area contributed by atoms with Gasteiger partial charge in [-0.3, -0.25) is 9.36 Å². The summed E-state index contributed by atoms with van der Waals surface area (Å²) in [7, 11) is 0. The molecular weight excluding hydrogens is 401 g/mol. The molecule has 0 spiro atoms. The summed E-state index contributed by atoms with van der Waals surface area (Å²) < 4.78 is 16.3. The fourth-order valence-electron chi connectivity index (χ4n) is 3.54. The van der Waals surface area contributed by atoms with Crippen LogP contribution in [0.4, 0.5) is 15.8 Å². The van der Waals surface area contributed by atoms with Crippen LogP contribution in [0.3, 0.4) is 0 Å². The van der Waals surface area contributed by atoms with Crippen molar-refractivity contribution in [3.05, 3.63) is 59.7 Å². The van der Waals surface area contributed by atoms with Gasteiger partial charge >= 0.3 is 0 Å². The molecule has 1 amide bonds. The first-order chi connectivity index (χ1) is 14.5. The summed E-state index contributed by atoms with van der Waals surface area (Å²) in [4.78, 5) is 14.7. The van der Waals surface area contributed by atoms with Gasteiger partial charge in [-0.15, -0.1) is 10.2 Å². The lowest BCUT2D eigenvalue weighted by molar-refractivity contribution is -0.113. The number of benzene rings is 2. The van der Waals surface area contributed by atoms with E-state index in [0.717, 1.165) is 37.3 Å². The molecule has 4 rings (SSSR count). The maximum Gasteiger partial charge on any atom is 0.234 e. The first-order valence-electron chi connectivity index (χ1n) is 9.96. The molecule has 30 heavy (non-hydrogen) atoms. The SMILES string of the molecule is Cc1ccc(-n2cnnc2SCC(=O)Nc2c(F)cccc2N2CCCC2)cc1C. The molecule has 0 bridgehead atoms. The minimum atomic E-state index is -0.420. The molecule has 2 aromatic carbocycles. The summed E-state index contributed by atoms with van der Waals surface area (Å²) in [5.41, 5.74) is 4.31. The molecule has 1 fully saturated rings. The minimum Gasteiger partial charge on any atom is -0.370 e. The Labute approximate surface area is 179 Å². The van der Waals surface area contributed by atoms with E-state index in [-0.39, 0.29) is 17.3 Å². The molecule has 0 atom stereocenters. The zero-order valence-electron chi connectivity index (χ0n) is 17.1.